The topological polar surface area (TPSA) is 83.0 Å². The zero-order valence-electron chi connectivity index (χ0n) is 21.7. The van der Waals surface area contributed by atoms with Crippen LogP contribution in [0.5, 0.6) is 0 Å². The quantitative estimate of drug-likeness (QED) is 0.367. The molecule has 0 bridgehead atoms. The highest BCUT2D eigenvalue weighted by Crippen LogP contribution is 2.36. The van der Waals surface area contributed by atoms with E-state index in [0.717, 1.165) is 84.8 Å². The van der Waals surface area contributed by atoms with Gasteiger partial charge in [0, 0.05) is 32.7 Å². The van der Waals surface area contributed by atoms with Crippen molar-refractivity contribution in [3.05, 3.63) is 39.7 Å². The van der Waals surface area contributed by atoms with Gasteiger partial charge in [-0.1, -0.05) is 41.5 Å². The molecule has 1 amide bonds. The van der Waals surface area contributed by atoms with Crippen molar-refractivity contribution in [3.8, 4) is 0 Å². The fraction of sp³-hybridized carbons (Fsp3) is 0.538. The Morgan fingerprint density at radius 2 is 1.87 bits per heavy atom. The van der Waals surface area contributed by atoms with Gasteiger partial charge in [0.05, 0.1) is 27.8 Å². The van der Waals surface area contributed by atoms with Gasteiger partial charge in [-0.15, -0.1) is 11.3 Å². The average Bonchev–Trinajstić information content (AvgIpc) is 3.57. The van der Waals surface area contributed by atoms with Gasteiger partial charge in [0.1, 0.15) is 10.3 Å². The van der Waals surface area contributed by atoms with Crippen molar-refractivity contribution in [1.82, 2.24) is 14.2 Å². The molecular formula is C26H33ClN4O4S3. The predicted octanol–water partition coefficient (Wildman–Crippen LogP) is 4.93. The number of morpholine rings is 1. The maximum absolute atomic E-state index is 14.3. The summed E-state index contributed by atoms with van der Waals surface area (Å²) in [5.41, 5.74) is 3.08. The first-order chi connectivity index (χ1) is 18.3. The fourth-order valence-corrected chi connectivity index (χ4v) is 9.52. The Balaban J connectivity index is 1.46. The Labute approximate surface area is 237 Å². The molecule has 0 aliphatic carbocycles. The summed E-state index contributed by atoms with van der Waals surface area (Å²) in [5.74, 6) is -0.202. The second-order valence-corrected chi connectivity index (χ2v) is 14.7. The van der Waals surface area contributed by atoms with Gasteiger partial charge in [-0.2, -0.15) is 4.31 Å². The van der Waals surface area contributed by atoms with Crippen LogP contribution in [-0.2, 0) is 19.6 Å². The highest BCUT2D eigenvalue weighted by atomic mass is 35.5. The second-order valence-electron chi connectivity index (χ2n) is 9.86. The molecule has 4 heterocycles. The summed E-state index contributed by atoms with van der Waals surface area (Å²) >= 11 is 8.60. The van der Waals surface area contributed by atoms with Gasteiger partial charge in [0.2, 0.25) is 5.91 Å². The molecular weight excluding hydrogens is 564 g/mol. The van der Waals surface area contributed by atoms with Gasteiger partial charge in [-0.25, -0.2) is 13.4 Å². The minimum atomic E-state index is -3.85. The molecule has 1 aromatic carbocycles. The van der Waals surface area contributed by atoms with Crippen LogP contribution in [0.2, 0.25) is 4.34 Å². The molecule has 2 aliphatic rings. The van der Waals surface area contributed by atoms with E-state index in [1.54, 1.807) is 11.0 Å². The van der Waals surface area contributed by atoms with Crippen molar-refractivity contribution in [1.29, 1.82) is 0 Å². The summed E-state index contributed by atoms with van der Waals surface area (Å²) in [7, 11) is -3.85. The lowest BCUT2D eigenvalue weighted by atomic mass is 10.0. The number of halogens is 1. The lowest BCUT2D eigenvalue weighted by molar-refractivity contribution is -0.123. The number of aryl methyl sites for hydroxylation is 2. The molecule has 1 atom stereocenters. The van der Waals surface area contributed by atoms with Crippen molar-refractivity contribution in [2.75, 3.05) is 50.8 Å². The number of sulfonamides is 1. The first-order valence-electron chi connectivity index (χ1n) is 13.0. The molecule has 2 fully saturated rings. The van der Waals surface area contributed by atoms with E-state index in [0.29, 0.717) is 29.0 Å². The molecule has 206 valence electrons. The van der Waals surface area contributed by atoms with Crippen LogP contribution < -0.4 is 4.90 Å². The molecule has 0 radical (unpaired) electrons. The zero-order chi connectivity index (χ0) is 26.9. The van der Waals surface area contributed by atoms with Gasteiger partial charge in [0.15, 0.2) is 5.13 Å². The Kier molecular flexibility index (Phi) is 8.73. The number of thiophene rings is 1. The Hall–Kier alpha value is -1.60. The SMILES string of the molecule is Cc1ccc(C)c2sc(N(CCCN3CCOCC3)C(=O)C3CCCCN3S(=O)(=O)c3ccc(Cl)s3)nc12. The summed E-state index contributed by atoms with van der Waals surface area (Å²) in [6.45, 7) is 8.92. The predicted molar refractivity (Wildman–Crippen MR) is 154 cm³/mol. The van der Waals surface area contributed by atoms with Crippen LogP contribution in [0.4, 0.5) is 5.13 Å². The minimum Gasteiger partial charge on any atom is -0.379 e. The number of ether oxygens (including phenoxy) is 1. The number of aromatic nitrogens is 1. The maximum Gasteiger partial charge on any atom is 0.253 e. The largest absolute Gasteiger partial charge is 0.379 e. The van der Waals surface area contributed by atoms with Crippen LogP contribution >= 0.6 is 34.3 Å². The van der Waals surface area contributed by atoms with Gasteiger partial charge in [0.25, 0.3) is 10.0 Å². The van der Waals surface area contributed by atoms with Crippen LogP contribution in [0.15, 0.2) is 28.5 Å². The average molecular weight is 597 g/mol. The summed E-state index contributed by atoms with van der Waals surface area (Å²) in [6.07, 6.45) is 2.77. The first kappa shape index (κ1) is 27.9. The van der Waals surface area contributed by atoms with E-state index < -0.39 is 16.1 Å². The van der Waals surface area contributed by atoms with Crippen molar-refractivity contribution in [3.63, 3.8) is 0 Å². The number of hydrogen-bond acceptors (Lipinski definition) is 8. The summed E-state index contributed by atoms with van der Waals surface area (Å²) in [4.78, 5) is 23.2. The summed E-state index contributed by atoms with van der Waals surface area (Å²) < 4.78 is 35.7. The van der Waals surface area contributed by atoms with Crippen molar-refractivity contribution < 1.29 is 17.9 Å². The van der Waals surface area contributed by atoms with Crippen molar-refractivity contribution in [2.45, 2.75) is 49.8 Å². The van der Waals surface area contributed by atoms with Gasteiger partial charge in [-0.3, -0.25) is 14.6 Å². The first-order valence-corrected chi connectivity index (χ1v) is 16.5. The van der Waals surface area contributed by atoms with E-state index in [1.807, 2.05) is 13.0 Å². The third-order valence-electron chi connectivity index (χ3n) is 7.24. The Bertz CT molecular complexity index is 1360. The molecule has 2 aliphatic heterocycles. The standard InChI is InChI=1S/C26H33ClN4O4S3/c1-18-7-8-19(2)24-23(18)28-26(37-24)30(12-5-11-29-14-16-35-17-15-29)25(32)20-6-3-4-13-31(20)38(33,34)22-10-9-21(27)36-22/h7-10,20H,3-6,11-17H2,1-2H3. The number of rotatable bonds is 8. The van der Waals surface area contributed by atoms with E-state index in [4.69, 9.17) is 21.3 Å². The zero-order valence-corrected chi connectivity index (χ0v) is 24.9. The molecule has 0 spiro atoms. The number of fused-ring (bicyclic) bond motifs is 1. The number of anilines is 1. The molecule has 5 rings (SSSR count). The van der Waals surface area contributed by atoms with Crippen LogP contribution in [0.25, 0.3) is 10.2 Å². The second kappa shape index (κ2) is 11.9. The number of carbonyl (C=O) groups excluding carboxylic acids is 1. The molecule has 2 saturated heterocycles. The van der Waals surface area contributed by atoms with E-state index in [9.17, 15) is 13.2 Å². The smallest absolute Gasteiger partial charge is 0.253 e. The number of nitrogens with zero attached hydrogens (tertiary/aromatic N) is 4. The number of carbonyl (C=O) groups is 1. The number of hydrogen-bond donors (Lipinski definition) is 0. The van der Waals surface area contributed by atoms with Gasteiger partial charge in [-0.05, 0) is 56.4 Å². The monoisotopic (exact) mass is 596 g/mol. The van der Waals surface area contributed by atoms with Crippen LogP contribution in [-0.4, -0.2) is 80.5 Å². The van der Waals surface area contributed by atoms with Gasteiger partial charge >= 0.3 is 0 Å². The number of benzene rings is 1. The van der Waals surface area contributed by atoms with E-state index in [1.165, 1.54) is 21.7 Å². The molecule has 0 saturated carbocycles. The lowest BCUT2D eigenvalue weighted by Crippen LogP contribution is -2.53. The van der Waals surface area contributed by atoms with Crippen molar-refractivity contribution >= 4 is 65.6 Å². The number of thiazole rings is 1. The Morgan fingerprint density at radius 1 is 1.11 bits per heavy atom. The third kappa shape index (κ3) is 5.79. The van der Waals surface area contributed by atoms with Crippen LogP contribution in [0, 0.1) is 13.8 Å². The summed E-state index contributed by atoms with van der Waals surface area (Å²) in [6, 6.07) is 6.47. The molecule has 3 aromatic rings. The maximum atomic E-state index is 14.3. The molecule has 8 nitrogen and oxygen atoms in total. The Morgan fingerprint density at radius 3 is 2.58 bits per heavy atom. The minimum absolute atomic E-state index is 0.173. The van der Waals surface area contributed by atoms with E-state index in [2.05, 4.69) is 17.9 Å². The molecule has 12 heteroatoms. The molecule has 2 aromatic heterocycles. The lowest BCUT2D eigenvalue weighted by Gasteiger charge is -2.36. The van der Waals surface area contributed by atoms with E-state index in [-0.39, 0.29) is 10.1 Å². The fourth-order valence-electron chi connectivity index (χ4n) is 5.11. The number of amides is 1. The van der Waals surface area contributed by atoms with Crippen LogP contribution in [0.1, 0.15) is 36.8 Å². The van der Waals surface area contributed by atoms with Gasteiger partial charge < -0.3 is 4.74 Å². The molecule has 0 N–H and O–H groups in total. The van der Waals surface area contributed by atoms with E-state index >= 15 is 0 Å². The highest BCUT2D eigenvalue weighted by Gasteiger charge is 2.41. The number of piperidine rings is 1. The highest BCUT2D eigenvalue weighted by molar-refractivity contribution is 7.91. The normalized spacial score (nSPS) is 19.7. The molecule has 38 heavy (non-hydrogen) atoms. The van der Waals surface area contributed by atoms with Crippen LogP contribution in [0.3, 0.4) is 0 Å². The van der Waals surface area contributed by atoms with Crippen molar-refractivity contribution in [2.24, 2.45) is 0 Å². The summed E-state index contributed by atoms with van der Waals surface area (Å²) in [5, 5.41) is 0.631. The third-order valence-corrected chi connectivity index (χ3v) is 12.1. The molecule has 1 unspecified atom stereocenters.